The van der Waals surface area contributed by atoms with Crippen molar-refractivity contribution < 1.29 is 29.3 Å². The van der Waals surface area contributed by atoms with Crippen molar-refractivity contribution in [1.82, 2.24) is 4.90 Å². The Morgan fingerprint density at radius 3 is 2.79 bits per heavy atom. The largest absolute Gasteiger partial charge is 0.388 e. The monoisotopic (exact) mass is 290 g/mol. The predicted octanol–water partition coefficient (Wildman–Crippen LogP) is -2.14. The molecular weight excluding hydrogens is 276 g/mol. The first-order valence-electron chi connectivity index (χ1n) is 5.84. The number of carbonyl (C=O) groups is 2. The number of ether oxygens (including phenoxy) is 2. The van der Waals surface area contributed by atoms with Crippen LogP contribution >= 0.6 is 11.8 Å². The van der Waals surface area contributed by atoms with Gasteiger partial charge in [0.05, 0.1) is 12.4 Å². The number of fused-ring (bicyclic) bond motifs is 2. The van der Waals surface area contributed by atoms with Crippen LogP contribution in [-0.2, 0) is 14.3 Å². The van der Waals surface area contributed by atoms with E-state index in [-0.39, 0.29) is 18.9 Å². The Morgan fingerprint density at radius 1 is 1.47 bits per heavy atom. The summed E-state index contributed by atoms with van der Waals surface area (Å²) in [4.78, 5) is 24.3. The number of imide groups is 1. The molecule has 0 aromatic rings. The van der Waals surface area contributed by atoms with Crippen molar-refractivity contribution in [2.75, 3.05) is 18.9 Å². The molecule has 0 spiro atoms. The molecule has 0 aromatic carbocycles. The van der Waals surface area contributed by atoms with Crippen molar-refractivity contribution in [3.05, 3.63) is 0 Å². The summed E-state index contributed by atoms with van der Waals surface area (Å²) >= 11 is 0.850. The Balaban J connectivity index is 1.92. The zero-order chi connectivity index (χ0) is 13.8. The van der Waals surface area contributed by atoms with Gasteiger partial charge in [0.25, 0.3) is 5.24 Å². The number of hydrogen-bond donors (Lipinski definition) is 3. The summed E-state index contributed by atoms with van der Waals surface area (Å²) in [6.07, 6.45) is -3.60. The zero-order valence-corrected chi connectivity index (χ0v) is 10.7. The first kappa shape index (κ1) is 13.3. The minimum Gasteiger partial charge on any atom is -0.388 e. The van der Waals surface area contributed by atoms with Crippen LogP contribution in [0.3, 0.4) is 0 Å². The molecule has 2 unspecified atom stereocenters. The van der Waals surface area contributed by atoms with Gasteiger partial charge in [0.1, 0.15) is 23.9 Å². The fourth-order valence-corrected chi connectivity index (χ4v) is 3.41. The number of hydrogen-bond acceptors (Lipinski definition) is 8. The number of amides is 2. The van der Waals surface area contributed by atoms with Crippen molar-refractivity contribution >= 4 is 22.9 Å². The molecule has 8 nitrogen and oxygen atoms in total. The summed E-state index contributed by atoms with van der Waals surface area (Å²) in [5.41, 5.74) is 4.39. The number of aliphatic hydroxyl groups is 2. The van der Waals surface area contributed by atoms with Gasteiger partial charge in [-0.25, -0.2) is 0 Å². The lowest BCUT2D eigenvalue weighted by molar-refractivity contribution is -0.233. The van der Waals surface area contributed by atoms with Crippen molar-refractivity contribution in [2.45, 2.75) is 30.1 Å². The van der Waals surface area contributed by atoms with Crippen LogP contribution in [0.2, 0.25) is 0 Å². The van der Waals surface area contributed by atoms with E-state index in [1.54, 1.807) is 0 Å². The predicted molar refractivity (Wildman–Crippen MR) is 63.1 cm³/mol. The molecule has 19 heavy (non-hydrogen) atoms. The van der Waals surface area contributed by atoms with E-state index >= 15 is 0 Å². The van der Waals surface area contributed by atoms with E-state index in [0.29, 0.717) is 0 Å². The Hall–Kier alpha value is -0.710. The lowest BCUT2D eigenvalue weighted by atomic mass is 9.87. The molecule has 0 aliphatic carbocycles. The van der Waals surface area contributed by atoms with E-state index in [1.165, 1.54) is 0 Å². The average Bonchev–Trinajstić information content (AvgIpc) is 2.94. The third kappa shape index (κ3) is 1.73. The number of thioether (sulfide) groups is 1. The Kier molecular flexibility index (Phi) is 3.08. The maximum Gasteiger partial charge on any atom is 0.289 e. The van der Waals surface area contributed by atoms with Crippen molar-refractivity contribution in [3.63, 3.8) is 0 Å². The lowest BCUT2D eigenvalue weighted by Crippen LogP contribution is -2.67. The number of carbonyl (C=O) groups excluding carboxylic acids is 2. The molecule has 0 aromatic heterocycles. The van der Waals surface area contributed by atoms with Crippen LogP contribution in [0, 0.1) is 0 Å². The van der Waals surface area contributed by atoms with Crippen LogP contribution in [0.5, 0.6) is 0 Å². The number of aliphatic hydroxyl groups excluding tert-OH is 2. The highest BCUT2D eigenvalue weighted by Gasteiger charge is 2.61. The summed E-state index contributed by atoms with van der Waals surface area (Å²) in [5, 5.41) is 19.8. The fraction of sp³-hybridized carbons (Fsp3) is 0.800. The lowest BCUT2D eigenvalue weighted by Gasteiger charge is -2.44. The smallest absolute Gasteiger partial charge is 0.289 e. The topological polar surface area (TPSA) is 122 Å². The molecule has 2 amide bonds. The van der Waals surface area contributed by atoms with Gasteiger partial charge in [-0.15, -0.1) is 0 Å². The molecule has 3 aliphatic rings. The molecular formula is C10H14N2O6S. The number of nitrogens with zero attached hydrogens (tertiary/aromatic N) is 1. The summed E-state index contributed by atoms with van der Waals surface area (Å²) < 4.78 is 10.9. The first-order valence-corrected chi connectivity index (χ1v) is 6.83. The Labute approximate surface area is 112 Å². The molecule has 5 atom stereocenters. The minimum absolute atomic E-state index is 0.0201. The molecule has 9 heteroatoms. The van der Waals surface area contributed by atoms with Gasteiger partial charge in [0.15, 0.2) is 6.29 Å². The summed E-state index contributed by atoms with van der Waals surface area (Å²) in [7, 11) is 0. The molecule has 3 aliphatic heterocycles. The molecule has 0 radical (unpaired) electrons. The highest BCUT2D eigenvalue weighted by atomic mass is 32.2. The highest BCUT2D eigenvalue weighted by molar-refractivity contribution is 8.14. The molecule has 0 saturated carbocycles. The van der Waals surface area contributed by atoms with Gasteiger partial charge in [-0.1, -0.05) is 11.8 Å². The second-order valence-electron chi connectivity index (χ2n) is 4.81. The van der Waals surface area contributed by atoms with E-state index < -0.39 is 41.3 Å². The molecule has 3 saturated heterocycles. The van der Waals surface area contributed by atoms with Gasteiger partial charge in [-0.05, 0) is 0 Å². The second kappa shape index (κ2) is 4.40. The number of nitrogens with two attached hydrogens (primary N) is 1. The number of rotatable bonds is 2. The van der Waals surface area contributed by atoms with Crippen LogP contribution in [-0.4, -0.2) is 75.3 Å². The van der Waals surface area contributed by atoms with Crippen molar-refractivity contribution in [1.29, 1.82) is 0 Å². The van der Waals surface area contributed by atoms with Crippen LogP contribution in [0.4, 0.5) is 4.79 Å². The van der Waals surface area contributed by atoms with Crippen LogP contribution in [0.1, 0.15) is 0 Å². The van der Waals surface area contributed by atoms with Gasteiger partial charge >= 0.3 is 0 Å². The molecule has 2 bridgehead atoms. The van der Waals surface area contributed by atoms with Gasteiger partial charge in [0.2, 0.25) is 5.91 Å². The first-order chi connectivity index (χ1) is 9.00. The van der Waals surface area contributed by atoms with Crippen molar-refractivity contribution in [2.24, 2.45) is 5.73 Å². The highest BCUT2D eigenvalue weighted by Crippen LogP contribution is 2.40. The van der Waals surface area contributed by atoms with Gasteiger partial charge in [0, 0.05) is 6.54 Å². The van der Waals surface area contributed by atoms with E-state index in [9.17, 15) is 19.8 Å². The van der Waals surface area contributed by atoms with E-state index in [2.05, 4.69) is 0 Å². The average molecular weight is 290 g/mol. The maximum atomic E-state index is 11.7. The summed E-state index contributed by atoms with van der Waals surface area (Å²) in [6.45, 7) is -0.00263. The van der Waals surface area contributed by atoms with Gasteiger partial charge < -0.3 is 25.4 Å². The summed E-state index contributed by atoms with van der Waals surface area (Å²) in [5.74, 6) is -0.405. The van der Waals surface area contributed by atoms with Gasteiger partial charge in [-0.2, -0.15) is 0 Å². The molecule has 3 heterocycles. The Bertz CT molecular complexity index is 418. The summed E-state index contributed by atoms with van der Waals surface area (Å²) in [6, 6.07) is -1.04. The van der Waals surface area contributed by atoms with Crippen LogP contribution < -0.4 is 5.73 Å². The SMILES string of the molecule is NC[C@@]12COC(O1)[C@H](N1C(=O)CSC1=O)C(O)[C@H]2O. The maximum absolute atomic E-state index is 11.7. The molecule has 3 fully saturated rings. The van der Waals surface area contributed by atoms with Crippen molar-refractivity contribution in [3.8, 4) is 0 Å². The second-order valence-corrected chi connectivity index (χ2v) is 5.74. The van der Waals surface area contributed by atoms with Crippen LogP contribution in [0.25, 0.3) is 0 Å². The molecule has 3 rings (SSSR count). The fourth-order valence-electron chi connectivity index (χ4n) is 2.66. The van der Waals surface area contributed by atoms with E-state index in [0.717, 1.165) is 16.7 Å². The quantitative estimate of drug-likeness (QED) is 0.526. The normalized spacial score (nSPS) is 46.2. The Morgan fingerprint density at radius 2 is 2.21 bits per heavy atom. The molecule has 4 N–H and O–H groups in total. The third-order valence-corrected chi connectivity index (χ3v) is 4.60. The zero-order valence-electron chi connectivity index (χ0n) is 9.89. The molecule has 106 valence electrons. The van der Waals surface area contributed by atoms with E-state index in [4.69, 9.17) is 15.2 Å². The van der Waals surface area contributed by atoms with Gasteiger partial charge in [-0.3, -0.25) is 14.5 Å². The standard InChI is InChI=1S/C10H14N2O6S/c11-2-10-3-17-8(18-10)5(6(14)7(10)15)12-4(13)1-19-9(12)16/h5-8,14-15H,1-3,11H2/t5-,6?,7-,8?,10+/m1/s1. The van der Waals surface area contributed by atoms with Crippen LogP contribution in [0.15, 0.2) is 0 Å². The van der Waals surface area contributed by atoms with E-state index in [1.807, 2.05) is 0 Å². The third-order valence-electron chi connectivity index (χ3n) is 3.76. The minimum atomic E-state index is -1.34.